The zero-order valence-corrected chi connectivity index (χ0v) is 9.54. The Labute approximate surface area is 85.7 Å². The maximum absolute atomic E-state index is 4.55. The van der Waals surface area contributed by atoms with Gasteiger partial charge in [0.25, 0.3) is 0 Å². The van der Waals surface area contributed by atoms with Crippen molar-refractivity contribution in [3.8, 4) is 0 Å². The summed E-state index contributed by atoms with van der Waals surface area (Å²) in [5.41, 5.74) is 2.92. The second-order valence-corrected chi connectivity index (χ2v) is 4.98. The van der Waals surface area contributed by atoms with Crippen LogP contribution in [0.4, 0.5) is 0 Å². The molecule has 0 aliphatic carbocycles. The first-order valence-corrected chi connectivity index (χ1v) is 5.31. The largest absolute Gasteiger partial charge is 0.288 e. The predicted octanol–water partition coefficient (Wildman–Crippen LogP) is 2.02. The minimum Gasteiger partial charge on any atom is -0.288 e. The molecule has 0 saturated heterocycles. The van der Waals surface area contributed by atoms with Crippen molar-refractivity contribution in [1.82, 2.24) is 14.7 Å². The van der Waals surface area contributed by atoms with E-state index in [4.69, 9.17) is 0 Å². The fourth-order valence-corrected chi connectivity index (χ4v) is 1.85. The van der Waals surface area contributed by atoms with Gasteiger partial charge in [-0.05, 0) is 27.7 Å². The molecule has 1 aromatic rings. The predicted molar refractivity (Wildman–Crippen MR) is 56.9 cm³/mol. The lowest BCUT2D eigenvalue weighted by atomic mass is 10.1. The number of aromatic nitrogens is 2. The van der Waals surface area contributed by atoms with Crippen LogP contribution in [0.3, 0.4) is 0 Å². The van der Waals surface area contributed by atoms with Gasteiger partial charge in [0.1, 0.15) is 0 Å². The van der Waals surface area contributed by atoms with Gasteiger partial charge in [-0.2, -0.15) is 5.10 Å². The second-order valence-electron chi connectivity index (χ2n) is 4.98. The lowest BCUT2D eigenvalue weighted by Crippen LogP contribution is -2.37. The molecule has 3 heteroatoms. The average molecular weight is 193 g/mol. The third-order valence-electron chi connectivity index (χ3n) is 2.90. The molecule has 78 valence electrons. The van der Waals surface area contributed by atoms with Crippen molar-refractivity contribution >= 4 is 0 Å². The van der Waals surface area contributed by atoms with E-state index in [2.05, 4.69) is 43.9 Å². The summed E-state index contributed by atoms with van der Waals surface area (Å²) >= 11 is 0. The van der Waals surface area contributed by atoms with Gasteiger partial charge in [-0.3, -0.25) is 9.58 Å². The maximum Gasteiger partial charge on any atom is 0.0810 e. The summed E-state index contributed by atoms with van der Waals surface area (Å²) in [7, 11) is 0. The van der Waals surface area contributed by atoms with Gasteiger partial charge in [0.2, 0.25) is 0 Å². The Morgan fingerprint density at radius 3 is 2.57 bits per heavy atom. The van der Waals surface area contributed by atoms with Crippen molar-refractivity contribution in [1.29, 1.82) is 0 Å². The van der Waals surface area contributed by atoms with Crippen LogP contribution >= 0.6 is 0 Å². The minimum atomic E-state index is 0.255. The molecule has 1 aromatic heterocycles. The van der Waals surface area contributed by atoms with Crippen molar-refractivity contribution in [2.24, 2.45) is 0 Å². The SMILES string of the molecule is CCn1cc2c(n1)CN(C(C)(C)C)C2. The van der Waals surface area contributed by atoms with Crippen LogP contribution in [0, 0.1) is 0 Å². The first-order valence-electron chi connectivity index (χ1n) is 5.31. The molecule has 0 aromatic carbocycles. The van der Waals surface area contributed by atoms with E-state index in [9.17, 15) is 0 Å². The molecular formula is C11H19N3. The van der Waals surface area contributed by atoms with E-state index in [1.165, 1.54) is 11.3 Å². The summed E-state index contributed by atoms with van der Waals surface area (Å²) in [6.07, 6.45) is 2.18. The Morgan fingerprint density at radius 2 is 2.07 bits per heavy atom. The summed E-state index contributed by atoms with van der Waals surface area (Å²) in [4.78, 5) is 2.46. The highest BCUT2D eigenvalue weighted by Crippen LogP contribution is 2.27. The third-order valence-corrected chi connectivity index (χ3v) is 2.90. The molecule has 0 atom stereocenters. The van der Waals surface area contributed by atoms with Crippen LogP contribution in [0.5, 0.6) is 0 Å². The Morgan fingerprint density at radius 1 is 1.36 bits per heavy atom. The van der Waals surface area contributed by atoms with Crippen molar-refractivity contribution in [2.45, 2.75) is 52.9 Å². The van der Waals surface area contributed by atoms with Crippen molar-refractivity contribution < 1.29 is 0 Å². The normalized spacial score (nSPS) is 17.4. The Bertz CT molecular complexity index is 309. The van der Waals surface area contributed by atoms with Gasteiger partial charge in [-0.1, -0.05) is 0 Å². The van der Waals surface area contributed by atoms with Gasteiger partial charge in [0.15, 0.2) is 0 Å². The van der Waals surface area contributed by atoms with Crippen LogP contribution in [-0.4, -0.2) is 20.2 Å². The lowest BCUT2D eigenvalue weighted by molar-refractivity contribution is 0.134. The summed E-state index contributed by atoms with van der Waals surface area (Å²) in [6.45, 7) is 11.9. The van der Waals surface area contributed by atoms with Gasteiger partial charge < -0.3 is 0 Å². The summed E-state index contributed by atoms with van der Waals surface area (Å²) in [6, 6.07) is 0. The van der Waals surface area contributed by atoms with E-state index >= 15 is 0 Å². The van der Waals surface area contributed by atoms with E-state index in [1.54, 1.807) is 0 Å². The molecule has 2 heterocycles. The number of hydrogen-bond donors (Lipinski definition) is 0. The minimum absolute atomic E-state index is 0.255. The molecule has 1 aliphatic rings. The first kappa shape index (κ1) is 9.71. The molecular weight excluding hydrogens is 174 g/mol. The summed E-state index contributed by atoms with van der Waals surface area (Å²) in [5, 5.41) is 4.55. The van der Waals surface area contributed by atoms with E-state index in [0.717, 1.165) is 19.6 Å². The van der Waals surface area contributed by atoms with Crippen molar-refractivity contribution in [2.75, 3.05) is 0 Å². The average Bonchev–Trinajstić information content (AvgIpc) is 2.56. The molecule has 0 saturated carbocycles. The molecule has 3 nitrogen and oxygen atoms in total. The highest BCUT2D eigenvalue weighted by Gasteiger charge is 2.29. The zero-order valence-electron chi connectivity index (χ0n) is 9.54. The monoisotopic (exact) mass is 193 g/mol. The molecule has 1 aliphatic heterocycles. The highest BCUT2D eigenvalue weighted by atomic mass is 15.3. The van der Waals surface area contributed by atoms with Gasteiger partial charge in [-0.25, -0.2) is 0 Å². The van der Waals surface area contributed by atoms with Crippen LogP contribution < -0.4 is 0 Å². The van der Waals surface area contributed by atoms with Crippen molar-refractivity contribution in [3.63, 3.8) is 0 Å². The molecule has 0 bridgehead atoms. The second kappa shape index (κ2) is 3.09. The fourth-order valence-electron chi connectivity index (χ4n) is 1.85. The van der Waals surface area contributed by atoms with Crippen LogP contribution in [-0.2, 0) is 19.6 Å². The number of hydrogen-bond acceptors (Lipinski definition) is 2. The molecule has 0 N–H and O–H groups in total. The topological polar surface area (TPSA) is 21.1 Å². The van der Waals surface area contributed by atoms with E-state index in [0.29, 0.717) is 0 Å². The first-order chi connectivity index (χ1) is 6.50. The van der Waals surface area contributed by atoms with Gasteiger partial charge in [0.05, 0.1) is 5.69 Å². The van der Waals surface area contributed by atoms with Crippen LogP contribution in [0.15, 0.2) is 6.20 Å². The van der Waals surface area contributed by atoms with Crippen molar-refractivity contribution in [3.05, 3.63) is 17.5 Å². The van der Waals surface area contributed by atoms with Crippen LogP contribution in [0.2, 0.25) is 0 Å². The molecule has 0 amide bonds. The van der Waals surface area contributed by atoms with E-state index < -0.39 is 0 Å². The number of aryl methyl sites for hydroxylation is 1. The molecule has 0 spiro atoms. The zero-order chi connectivity index (χ0) is 10.3. The van der Waals surface area contributed by atoms with E-state index in [1.807, 2.05) is 4.68 Å². The number of nitrogens with zero attached hydrogens (tertiary/aromatic N) is 3. The summed E-state index contributed by atoms with van der Waals surface area (Å²) < 4.78 is 2.03. The standard InChI is InChI=1S/C11H19N3/c1-5-14-7-9-6-13(11(2,3)4)8-10(9)12-14/h7H,5-6,8H2,1-4H3. The molecule has 0 unspecified atom stereocenters. The Kier molecular flexibility index (Phi) is 2.14. The molecule has 14 heavy (non-hydrogen) atoms. The molecule has 2 rings (SSSR count). The van der Waals surface area contributed by atoms with Gasteiger partial charge in [-0.15, -0.1) is 0 Å². The smallest absolute Gasteiger partial charge is 0.0810 e. The Balaban J connectivity index is 2.16. The number of fused-ring (bicyclic) bond motifs is 1. The van der Waals surface area contributed by atoms with Crippen LogP contribution in [0.25, 0.3) is 0 Å². The lowest BCUT2D eigenvalue weighted by Gasteiger charge is -2.31. The Hall–Kier alpha value is -0.830. The highest BCUT2D eigenvalue weighted by molar-refractivity contribution is 5.22. The van der Waals surface area contributed by atoms with E-state index in [-0.39, 0.29) is 5.54 Å². The number of rotatable bonds is 1. The quantitative estimate of drug-likeness (QED) is 0.680. The van der Waals surface area contributed by atoms with Gasteiger partial charge >= 0.3 is 0 Å². The third kappa shape index (κ3) is 1.57. The summed E-state index contributed by atoms with van der Waals surface area (Å²) in [5.74, 6) is 0. The van der Waals surface area contributed by atoms with Crippen LogP contribution in [0.1, 0.15) is 39.0 Å². The fraction of sp³-hybridized carbons (Fsp3) is 0.727. The molecule has 0 fully saturated rings. The maximum atomic E-state index is 4.55. The van der Waals surface area contributed by atoms with Gasteiger partial charge in [0, 0.05) is 36.9 Å². The molecule has 0 radical (unpaired) electrons.